The molecule has 2 saturated heterocycles. The molecule has 0 amide bonds. The van der Waals surface area contributed by atoms with Crippen LogP contribution in [0.25, 0.3) is 0 Å². The predicted molar refractivity (Wildman–Crippen MR) is 151 cm³/mol. The molecule has 1 N–H and O–H groups in total. The molecule has 2 heterocycles. The number of hydrogen-bond acceptors (Lipinski definition) is 4. The van der Waals surface area contributed by atoms with E-state index in [0.29, 0.717) is 29.7 Å². The highest BCUT2D eigenvalue weighted by Crippen LogP contribution is 2.38. The SMILES string of the molecule is O=C(CCC1CCN(CC2CN(C(C(=O)O)C3CCCCC3)CC2c2ccccc2)CC1)c1ccc(F)cc1. The van der Waals surface area contributed by atoms with Gasteiger partial charge in [-0.2, -0.15) is 0 Å². The summed E-state index contributed by atoms with van der Waals surface area (Å²) in [6, 6.07) is 16.2. The van der Waals surface area contributed by atoms with Crippen molar-refractivity contribution in [2.45, 2.75) is 69.7 Å². The molecule has 0 radical (unpaired) electrons. The molecule has 3 atom stereocenters. The van der Waals surface area contributed by atoms with Crippen molar-refractivity contribution in [1.29, 1.82) is 0 Å². The van der Waals surface area contributed by atoms with Gasteiger partial charge in [-0.3, -0.25) is 14.5 Å². The molecule has 2 aliphatic heterocycles. The van der Waals surface area contributed by atoms with E-state index in [9.17, 15) is 19.1 Å². The van der Waals surface area contributed by atoms with E-state index in [1.54, 1.807) is 12.1 Å². The quantitative estimate of drug-likeness (QED) is 0.365. The standard InChI is InChI=1S/C33H43FN2O3/c34-29-14-12-26(13-15-29)31(37)16-11-24-17-19-35(20-18-24)21-28-22-36(23-30(28)25-7-3-1-4-8-25)32(33(38)39)27-9-5-2-6-10-27/h1,3-4,7-8,12-15,24,27-28,30,32H,2,5-6,9-11,16-23H2,(H,38,39). The lowest BCUT2D eigenvalue weighted by Gasteiger charge is -2.35. The Morgan fingerprint density at radius 1 is 0.897 bits per heavy atom. The van der Waals surface area contributed by atoms with Crippen LogP contribution in [0.3, 0.4) is 0 Å². The second kappa shape index (κ2) is 13.2. The van der Waals surface area contributed by atoms with Crippen molar-refractivity contribution < 1.29 is 19.1 Å². The second-order valence-corrected chi connectivity index (χ2v) is 12.1. The fraction of sp³-hybridized carbons (Fsp3) is 0.576. The Labute approximate surface area is 232 Å². The molecule has 3 fully saturated rings. The van der Waals surface area contributed by atoms with E-state index in [0.717, 1.165) is 77.7 Å². The van der Waals surface area contributed by atoms with E-state index in [1.165, 1.54) is 24.1 Å². The summed E-state index contributed by atoms with van der Waals surface area (Å²) < 4.78 is 13.2. The van der Waals surface area contributed by atoms with Gasteiger partial charge in [0.15, 0.2) is 5.78 Å². The Hall–Kier alpha value is -2.57. The highest BCUT2D eigenvalue weighted by atomic mass is 19.1. The van der Waals surface area contributed by atoms with Gasteiger partial charge in [-0.25, -0.2) is 4.39 Å². The molecule has 6 heteroatoms. The predicted octanol–water partition coefficient (Wildman–Crippen LogP) is 6.25. The van der Waals surface area contributed by atoms with Gasteiger partial charge in [0.1, 0.15) is 11.9 Å². The number of carboxylic acid groups (broad SMARTS) is 1. The lowest BCUT2D eigenvalue weighted by atomic mass is 9.83. The number of benzene rings is 2. The van der Waals surface area contributed by atoms with E-state index in [2.05, 4.69) is 40.1 Å². The van der Waals surface area contributed by atoms with Crippen LogP contribution < -0.4 is 0 Å². The van der Waals surface area contributed by atoms with Gasteiger partial charge in [0.2, 0.25) is 0 Å². The molecule has 5 nitrogen and oxygen atoms in total. The van der Waals surface area contributed by atoms with Gasteiger partial charge in [-0.15, -0.1) is 0 Å². The number of halogens is 1. The number of carbonyl (C=O) groups excluding carboxylic acids is 1. The van der Waals surface area contributed by atoms with Crippen LogP contribution in [0.4, 0.5) is 4.39 Å². The van der Waals surface area contributed by atoms with Gasteiger partial charge in [0.25, 0.3) is 0 Å². The number of likely N-dealkylation sites (tertiary alicyclic amines) is 2. The molecular formula is C33H43FN2O3. The van der Waals surface area contributed by atoms with E-state index in [1.807, 2.05) is 0 Å². The molecule has 1 saturated carbocycles. The molecule has 2 aromatic carbocycles. The van der Waals surface area contributed by atoms with E-state index >= 15 is 0 Å². The maximum atomic E-state index is 13.2. The fourth-order valence-corrected chi connectivity index (χ4v) is 7.41. The summed E-state index contributed by atoms with van der Waals surface area (Å²) in [6.45, 7) is 4.72. The van der Waals surface area contributed by atoms with Crippen molar-refractivity contribution >= 4 is 11.8 Å². The van der Waals surface area contributed by atoms with Gasteiger partial charge in [-0.05, 0) is 92.8 Å². The lowest BCUT2D eigenvalue weighted by Crippen LogP contribution is -2.46. The van der Waals surface area contributed by atoms with Crippen LogP contribution in [0.5, 0.6) is 0 Å². The molecule has 3 aliphatic rings. The Morgan fingerprint density at radius 3 is 2.26 bits per heavy atom. The van der Waals surface area contributed by atoms with Crippen molar-refractivity contribution in [3.8, 4) is 0 Å². The van der Waals surface area contributed by atoms with Crippen molar-refractivity contribution in [3.05, 3.63) is 71.5 Å². The number of aliphatic carboxylic acids is 1. The highest BCUT2D eigenvalue weighted by molar-refractivity contribution is 5.95. The summed E-state index contributed by atoms with van der Waals surface area (Å²) in [4.78, 5) is 29.9. The topological polar surface area (TPSA) is 60.9 Å². The average molecular weight is 535 g/mol. The van der Waals surface area contributed by atoms with Gasteiger partial charge in [0.05, 0.1) is 0 Å². The Bertz CT molecular complexity index is 1080. The molecule has 0 spiro atoms. The minimum atomic E-state index is -0.648. The monoisotopic (exact) mass is 534 g/mol. The third kappa shape index (κ3) is 7.15. The zero-order valence-corrected chi connectivity index (χ0v) is 23.0. The largest absolute Gasteiger partial charge is 0.480 e. The first kappa shape index (κ1) is 28.0. The number of nitrogens with zero attached hydrogens (tertiary/aromatic N) is 2. The summed E-state index contributed by atoms with van der Waals surface area (Å²) in [5.41, 5.74) is 1.92. The normalized spacial score (nSPS) is 24.5. The second-order valence-electron chi connectivity index (χ2n) is 12.1. The third-order valence-electron chi connectivity index (χ3n) is 9.59. The van der Waals surface area contributed by atoms with E-state index < -0.39 is 5.97 Å². The molecule has 5 rings (SSSR count). The minimum Gasteiger partial charge on any atom is -0.480 e. The van der Waals surface area contributed by atoms with E-state index in [4.69, 9.17) is 0 Å². The van der Waals surface area contributed by atoms with Crippen LogP contribution in [0.1, 0.15) is 79.6 Å². The summed E-state index contributed by atoms with van der Waals surface area (Å²) >= 11 is 0. The van der Waals surface area contributed by atoms with Gasteiger partial charge in [-0.1, -0.05) is 49.6 Å². The average Bonchev–Trinajstić information content (AvgIpc) is 3.36. The van der Waals surface area contributed by atoms with Crippen LogP contribution in [-0.4, -0.2) is 65.4 Å². The number of ketones is 1. The van der Waals surface area contributed by atoms with Crippen molar-refractivity contribution in [2.75, 3.05) is 32.7 Å². The molecule has 3 unspecified atom stereocenters. The number of carboxylic acids is 1. The Balaban J connectivity index is 1.17. The van der Waals surface area contributed by atoms with Crippen LogP contribution in [0.2, 0.25) is 0 Å². The number of carbonyl (C=O) groups is 2. The summed E-state index contributed by atoms with van der Waals surface area (Å²) in [5, 5.41) is 10.3. The third-order valence-corrected chi connectivity index (χ3v) is 9.59. The number of rotatable bonds is 10. The molecule has 1 aliphatic carbocycles. The Morgan fingerprint density at radius 2 is 1.59 bits per heavy atom. The lowest BCUT2D eigenvalue weighted by molar-refractivity contribution is -0.145. The maximum absolute atomic E-state index is 13.2. The molecule has 0 bridgehead atoms. The summed E-state index contributed by atoms with van der Waals surface area (Å²) in [6.07, 6.45) is 9.17. The smallest absolute Gasteiger partial charge is 0.321 e. The van der Waals surface area contributed by atoms with Crippen molar-refractivity contribution in [2.24, 2.45) is 17.8 Å². The van der Waals surface area contributed by atoms with Crippen LogP contribution in [-0.2, 0) is 4.79 Å². The molecular weight excluding hydrogens is 491 g/mol. The first-order valence-corrected chi connectivity index (χ1v) is 15.0. The zero-order valence-electron chi connectivity index (χ0n) is 23.0. The van der Waals surface area contributed by atoms with Crippen LogP contribution >= 0.6 is 0 Å². The maximum Gasteiger partial charge on any atom is 0.321 e. The van der Waals surface area contributed by atoms with Gasteiger partial charge < -0.3 is 10.0 Å². The number of hydrogen-bond donors (Lipinski definition) is 1. The van der Waals surface area contributed by atoms with Crippen molar-refractivity contribution in [1.82, 2.24) is 9.80 Å². The van der Waals surface area contributed by atoms with Crippen LogP contribution in [0.15, 0.2) is 54.6 Å². The fourth-order valence-electron chi connectivity index (χ4n) is 7.41. The molecule has 2 aromatic rings. The molecule has 210 valence electrons. The van der Waals surface area contributed by atoms with Crippen molar-refractivity contribution in [3.63, 3.8) is 0 Å². The first-order chi connectivity index (χ1) is 19.0. The summed E-state index contributed by atoms with van der Waals surface area (Å²) in [7, 11) is 0. The van der Waals surface area contributed by atoms with Gasteiger partial charge in [0, 0.05) is 37.5 Å². The number of Topliss-reactive ketones (excluding diaryl/α,β-unsaturated/α-hetero) is 1. The highest BCUT2D eigenvalue weighted by Gasteiger charge is 2.43. The minimum absolute atomic E-state index is 0.0973. The number of piperidine rings is 1. The summed E-state index contributed by atoms with van der Waals surface area (Å²) in [5.74, 6) is 0.701. The molecule has 0 aromatic heterocycles. The Kier molecular flexibility index (Phi) is 9.46. The molecule has 39 heavy (non-hydrogen) atoms. The van der Waals surface area contributed by atoms with E-state index in [-0.39, 0.29) is 23.6 Å². The first-order valence-electron chi connectivity index (χ1n) is 15.0. The zero-order chi connectivity index (χ0) is 27.2. The van der Waals surface area contributed by atoms with Crippen LogP contribution in [0, 0.1) is 23.6 Å². The van der Waals surface area contributed by atoms with Gasteiger partial charge >= 0.3 is 5.97 Å².